The molecule has 4 nitrogen and oxygen atoms in total. The smallest absolute Gasteiger partial charge is 0.410 e. The molecular formula is C5H6N2O2. The molecule has 0 bridgehead atoms. The van der Waals surface area contributed by atoms with Crippen LogP contribution in [-0.2, 0) is 4.74 Å². The van der Waals surface area contributed by atoms with Crippen LogP contribution in [0.2, 0.25) is 0 Å². The third kappa shape index (κ3) is 0.809. The standard InChI is InChI=1S/C5H6N2O2/c1-7-4(2-6)3-9-5(7)8/h4H,3H2,1H3. The van der Waals surface area contributed by atoms with Crippen molar-refractivity contribution in [2.24, 2.45) is 0 Å². The molecule has 0 aromatic rings. The van der Waals surface area contributed by atoms with Crippen LogP contribution in [0.25, 0.3) is 0 Å². The van der Waals surface area contributed by atoms with E-state index in [0.717, 1.165) is 0 Å². The first-order chi connectivity index (χ1) is 4.25. The SMILES string of the molecule is CN1C(=O)OCC1C#N. The lowest BCUT2D eigenvalue weighted by Crippen LogP contribution is -2.27. The molecule has 1 unspecified atom stereocenters. The van der Waals surface area contributed by atoms with Gasteiger partial charge in [-0.3, -0.25) is 4.90 Å². The molecule has 1 rings (SSSR count). The summed E-state index contributed by atoms with van der Waals surface area (Å²) >= 11 is 0. The van der Waals surface area contributed by atoms with Crippen LogP contribution in [0.4, 0.5) is 4.79 Å². The summed E-state index contributed by atoms with van der Waals surface area (Å²) in [5, 5.41) is 8.33. The molecule has 1 heterocycles. The normalized spacial score (nSPS) is 25.6. The van der Waals surface area contributed by atoms with Crippen LogP contribution in [0.5, 0.6) is 0 Å². The molecule has 1 atom stereocenters. The molecule has 0 radical (unpaired) electrons. The fourth-order valence-electron chi connectivity index (χ4n) is 0.615. The second-order valence-corrected chi connectivity index (χ2v) is 1.83. The van der Waals surface area contributed by atoms with Gasteiger partial charge in [0.15, 0.2) is 6.04 Å². The van der Waals surface area contributed by atoms with Gasteiger partial charge >= 0.3 is 6.09 Å². The monoisotopic (exact) mass is 126 g/mol. The van der Waals surface area contributed by atoms with Crippen LogP contribution in [0.15, 0.2) is 0 Å². The predicted octanol–water partition coefficient (Wildman–Crippen LogP) is -0.0394. The maximum Gasteiger partial charge on any atom is 0.410 e. The van der Waals surface area contributed by atoms with Gasteiger partial charge in [0.2, 0.25) is 0 Å². The highest BCUT2D eigenvalue weighted by atomic mass is 16.6. The third-order valence-corrected chi connectivity index (χ3v) is 1.27. The van der Waals surface area contributed by atoms with Gasteiger partial charge in [0, 0.05) is 7.05 Å². The van der Waals surface area contributed by atoms with E-state index >= 15 is 0 Å². The molecule has 0 aromatic carbocycles. The minimum atomic E-state index is -0.415. The van der Waals surface area contributed by atoms with Gasteiger partial charge in [0.1, 0.15) is 6.61 Å². The molecule has 4 heteroatoms. The Labute approximate surface area is 52.6 Å². The van der Waals surface area contributed by atoms with Crippen molar-refractivity contribution in [2.45, 2.75) is 6.04 Å². The Morgan fingerprint density at radius 3 is 2.89 bits per heavy atom. The van der Waals surface area contributed by atoms with Crippen LogP contribution in [0.1, 0.15) is 0 Å². The summed E-state index contributed by atoms with van der Waals surface area (Å²) in [6.07, 6.45) is -0.415. The molecular weight excluding hydrogens is 120 g/mol. The van der Waals surface area contributed by atoms with E-state index in [1.54, 1.807) is 7.05 Å². The topological polar surface area (TPSA) is 53.3 Å². The van der Waals surface area contributed by atoms with Gasteiger partial charge < -0.3 is 4.74 Å². The predicted molar refractivity (Wildman–Crippen MR) is 28.5 cm³/mol. The third-order valence-electron chi connectivity index (χ3n) is 1.27. The number of amides is 1. The Hall–Kier alpha value is -1.24. The molecule has 0 saturated carbocycles. The first kappa shape index (κ1) is 5.89. The minimum Gasteiger partial charge on any atom is -0.446 e. The summed E-state index contributed by atoms with van der Waals surface area (Å²) in [5.74, 6) is 0. The van der Waals surface area contributed by atoms with Gasteiger partial charge in [0.05, 0.1) is 6.07 Å². The Morgan fingerprint density at radius 2 is 2.67 bits per heavy atom. The lowest BCUT2D eigenvalue weighted by molar-refractivity contribution is 0.163. The summed E-state index contributed by atoms with van der Waals surface area (Å²) in [4.78, 5) is 11.8. The molecule has 1 aliphatic heterocycles. The first-order valence-corrected chi connectivity index (χ1v) is 2.55. The second-order valence-electron chi connectivity index (χ2n) is 1.83. The average molecular weight is 126 g/mol. The van der Waals surface area contributed by atoms with E-state index in [9.17, 15) is 4.79 Å². The maximum absolute atomic E-state index is 10.5. The Kier molecular flexibility index (Phi) is 1.27. The molecule has 1 amide bonds. The van der Waals surface area contributed by atoms with Gasteiger partial charge in [-0.15, -0.1) is 0 Å². The lowest BCUT2D eigenvalue weighted by atomic mass is 10.3. The number of rotatable bonds is 0. The number of hydrogen-bond acceptors (Lipinski definition) is 3. The number of likely N-dealkylation sites (N-methyl/N-ethyl adjacent to an activating group) is 1. The maximum atomic E-state index is 10.5. The highest BCUT2D eigenvalue weighted by Crippen LogP contribution is 2.06. The molecule has 1 fully saturated rings. The molecule has 1 aliphatic rings. The van der Waals surface area contributed by atoms with Crippen LogP contribution in [-0.4, -0.2) is 30.7 Å². The van der Waals surface area contributed by atoms with Gasteiger partial charge in [-0.2, -0.15) is 5.26 Å². The molecule has 1 saturated heterocycles. The number of nitriles is 1. The van der Waals surface area contributed by atoms with Crippen molar-refractivity contribution in [1.29, 1.82) is 5.26 Å². The van der Waals surface area contributed by atoms with E-state index in [2.05, 4.69) is 4.74 Å². The van der Waals surface area contributed by atoms with Gasteiger partial charge in [-0.1, -0.05) is 0 Å². The Morgan fingerprint density at radius 1 is 2.00 bits per heavy atom. The summed E-state index contributed by atoms with van der Waals surface area (Å²) < 4.78 is 4.53. The van der Waals surface area contributed by atoms with Crippen LogP contribution in [0.3, 0.4) is 0 Å². The van der Waals surface area contributed by atoms with E-state index in [0.29, 0.717) is 0 Å². The van der Waals surface area contributed by atoms with Crippen molar-refractivity contribution in [3.8, 4) is 6.07 Å². The zero-order chi connectivity index (χ0) is 6.85. The zero-order valence-electron chi connectivity index (χ0n) is 5.00. The Bertz CT molecular complexity index is 172. The van der Waals surface area contributed by atoms with Crippen LogP contribution < -0.4 is 0 Å². The summed E-state index contributed by atoms with van der Waals surface area (Å²) in [5.41, 5.74) is 0. The largest absolute Gasteiger partial charge is 0.446 e. The first-order valence-electron chi connectivity index (χ1n) is 2.55. The highest BCUT2D eigenvalue weighted by molar-refractivity contribution is 5.70. The number of cyclic esters (lactones) is 1. The molecule has 0 aliphatic carbocycles. The van der Waals surface area contributed by atoms with Gasteiger partial charge in [-0.25, -0.2) is 4.79 Å². The lowest BCUT2D eigenvalue weighted by Gasteiger charge is -2.05. The van der Waals surface area contributed by atoms with Crippen molar-refractivity contribution in [2.75, 3.05) is 13.7 Å². The zero-order valence-corrected chi connectivity index (χ0v) is 5.00. The van der Waals surface area contributed by atoms with Gasteiger partial charge in [-0.05, 0) is 0 Å². The number of carbonyl (C=O) groups excluding carboxylic acids is 1. The van der Waals surface area contributed by atoms with Crippen molar-refractivity contribution >= 4 is 6.09 Å². The number of ether oxygens (including phenoxy) is 1. The molecule has 9 heavy (non-hydrogen) atoms. The molecule has 0 N–H and O–H groups in total. The highest BCUT2D eigenvalue weighted by Gasteiger charge is 2.28. The van der Waals surface area contributed by atoms with Crippen molar-refractivity contribution in [1.82, 2.24) is 4.90 Å². The van der Waals surface area contributed by atoms with E-state index in [1.807, 2.05) is 6.07 Å². The quantitative estimate of drug-likeness (QED) is 0.457. The van der Waals surface area contributed by atoms with E-state index < -0.39 is 12.1 Å². The van der Waals surface area contributed by atoms with E-state index in [1.165, 1.54) is 4.90 Å². The van der Waals surface area contributed by atoms with Crippen molar-refractivity contribution in [3.05, 3.63) is 0 Å². The van der Waals surface area contributed by atoms with Gasteiger partial charge in [0.25, 0.3) is 0 Å². The van der Waals surface area contributed by atoms with Crippen molar-refractivity contribution < 1.29 is 9.53 Å². The molecule has 0 aromatic heterocycles. The minimum absolute atomic E-state index is 0.200. The number of carbonyl (C=O) groups is 1. The molecule has 48 valence electrons. The summed E-state index contributed by atoms with van der Waals surface area (Å²) in [6.45, 7) is 0.200. The number of hydrogen-bond donors (Lipinski definition) is 0. The Balaban J connectivity index is 2.64. The summed E-state index contributed by atoms with van der Waals surface area (Å²) in [7, 11) is 1.54. The average Bonchev–Trinajstić information content (AvgIpc) is 2.15. The van der Waals surface area contributed by atoms with E-state index in [4.69, 9.17) is 5.26 Å². The fraction of sp³-hybridized carbons (Fsp3) is 0.600. The van der Waals surface area contributed by atoms with E-state index in [-0.39, 0.29) is 6.61 Å². The number of nitrogens with zero attached hydrogens (tertiary/aromatic N) is 2. The van der Waals surface area contributed by atoms with Crippen LogP contribution in [0, 0.1) is 11.3 Å². The second kappa shape index (κ2) is 1.94. The van der Waals surface area contributed by atoms with Crippen molar-refractivity contribution in [3.63, 3.8) is 0 Å². The van der Waals surface area contributed by atoms with Crippen LogP contribution >= 0.6 is 0 Å². The fourth-order valence-corrected chi connectivity index (χ4v) is 0.615. The summed E-state index contributed by atoms with van der Waals surface area (Å²) in [6, 6.07) is 1.53. The molecule has 0 spiro atoms.